The summed E-state index contributed by atoms with van der Waals surface area (Å²) in [4.78, 5) is 11.3. The van der Waals surface area contributed by atoms with E-state index in [1.807, 2.05) is 10.6 Å². The normalized spacial score (nSPS) is 17.8. The summed E-state index contributed by atoms with van der Waals surface area (Å²) in [6, 6.07) is 11.4. The molecule has 8 heteroatoms. The zero-order chi connectivity index (χ0) is 23.1. The summed E-state index contributed by atoms with van der Waals surface area (Å²) < 4.78 is 35.4. The van der Waals surface area contributed by atoms with Crippen molar-refractivity contribution >= 4 is 11.6 Å². The maximum absolute atomic E-state index is 14.5. The summed E-state index contributed by atoms with van der Waals surface area (Å²) in [6.45, 7) is 2.96. The second kappa shape index (κ2) is 8.68. The Labute approximate surface area is 196 Å². The number of rotatable bonds is 6. The van der Waals surface area contributed by atoms with E-state index in [2.05, 4.69) is 44.5 Å². The van der Waals surface area contributed by atoms with Crippen LogP contribution in [0.1, 0.15) is 23.1 Å². The van der Waals surface area contributed by atoms with E-state index in [1.165, 1.54) is 6.07 Å². The lowest BCUT2D eigenvalue weighted by atomic mass is 10.0. The summed E-state index contributed by atoms with van der Waals surface area (Å²) in [5.74, 6) is 1.11. The minimum Gasteiger partial charge on any atom is -0.493 e. The first-order valence-corrected chi connectivity index (χ1v) is 11.6. The molecular weight excluding hydrogens is 436 g/mol. The smallest absolute Gasteiger partial charge is 0.208 e. The molecule has 0 spiro atoms. The number of nitrogens with zero attached hydrogens (tertiary/aromatic N) is 4. The molecule has 0 aliphatic carbocycles. The number of hydrogen-bond acceptors (Lipinski definition) is 5. The molecule has 6 rings (SSSR count). The van der Waals surface area contributed by atoms with E-state index < -0.39 is 6.17 Å². The van der Waals surface area contributed by atoms with Gasteiger partial charge >= 0.3 is 0 Å². The number of imidazole rings is 1. The minimum absolute atomic E-state index is 0.244. The van der Waals surface area contributed by atoms with E-state index in [1.54, 1.807) is 18.5 Å². The monoisotopic (exact) mass is 461 g/mol. The predicted octanol–water partition coefficient (Wildman–Crippen LogP) is 4.63. The van der Waals surface area contributed by atoms with E-state index in [0.717, 1.165) is 46.7 Å². The summed E-state index contributed by atoms with van der Waals surface area (Å²) in [5, 5.41) is 3.27. The molecule has 0 amide bonds. The van der Waals surface area contributed by atoms with Crippen molar-refractivity contribution in [1.82, 2.24) is 19.3 Å². The SMILES string of the molecule is Fc1ccc2c(c1CNc1ncc(-c3ccc(CN4CCC(F)C4)cc3)c3nccn13)CCO2. The topological polar surface area (TPSA) is 54.7 Å². The van der Waals surface area contributed by atoms with Crippen LogP contribution < -0.4 is 10.1 Å². The first-order chi connectivity index (χ1) is 16.7. The van der Waals surface area contributed by atoms with Crippen molar-refractivity contribution in [1.29, 1.82) is 0 Å². The van der Waals surface area contributed by atoms with Gasteiger partial charge in [-0.05, 0) is 29.7 Å². The Kier molecular flexibility index (Phi) is 5.37. The molecular formula is C26H25F2N5O. The van der Waals surface area contributed by atoms with Crippen LogP contribution >= 0.6 is 0 Å². The Morgan fingerprint density at radius 3 is 2.82 bits per heavy atom. The van der Waals surface area contributed by atoms with Crippen LogP contribution in [0.3, 0.4) is 0 Å². The molecule has 2 aliphatic rings. The Balaban J connectivity index is 1.23. The number of fused-ring (bicyclic) bond motifs is 2. The van der Waals surface area contributed by atoms with Gasteiger partial charge in [0, 0.05) is 67.9 Å². The molecule has 4 heterocycles. The van der Waals surface area contributed by atoms with Gasteiger partial charge in [-0.25, -0.2) is 18.7 Å². The van der Waals surface area contributed by atoms with Crippen molar-refractivity contribution in [2.24, 2.45) is 0 Å². The molecule has 4 aromatic rings. The van der Waals surface area contributed by atoms with Crippen LogP contribution in [0.4, 0.5) is 14.7 Å². The van der Waals surface area contributed by atoms with Gasteiger partial charge in [-0.1, -0.05) is 24.3 Å². The number of ether oxygens (including phenoxy) is 1. The fourth-order valence-corrected chi connectivity index (χ4v) is 4.90. The van der Waals surface area contributed by atoms with Crippen LogP contribution in [0.25, 0.3) is 16.8 Å². The molecule has 0 bridgehead atoms. The number of benzene rings is 2. The van der Waals surface area contributed by atoms with Crippen molar-refractivity contribution in [3.8, 4) is 16.9 Å². The summed E-state index contributed by atoms with van der Waals surface area (Å²) in [7, 11) is 0. The average molecular weight is 462 g/mol. The Morgan fingerprint density at radius 1 is 1.12 bits per heavy atom. The first-order valence-electron chi connectivity index (χ1n) is 11.6. The van der Waals surface area contributed by atoms with E-state index in [9.17, 15) is 8.78 Å². The van der Waals surface area contributed by atoms with Crippen LogP contribution in [-0.2, 0) is 19.5 Å². The van der Waals surface area contributed by atoms with Crippen molar-refractivity contribution in [3.05, 3.63) is 77.5 Å². The van der Waals surface area contributed by atoms with Gasteiger partial charge in [0.25, 0.3) is 0 Å². The van der Waals surface area contributed by atoms with E-state index in [4.69, 9.17) is 4.74 Å². The number of nitrogens with one attached hydrogen (secondary N) is 1. The molecule has 1 atom stereocenters. The lowest BCUT2D eigenvalue weighted by Crippen LogP contribution is -2.20. The van der Waals surface area contributed by atoms with Gasteiger partial charge in [-0.2, -0.15) is 0 Å². The third kappa shape index (κ3) is 3.88. The number of alkyl halides is 1. The van der Waals surface area contributed by atoms with Crippen LogP contribution in [0, 0.1) is 5.82 Å². The highest BCUT2D eigenvalue weighted by atomic mass is 19.1. The number of hydrogen-bond donors (Lipinski definition) is 1. The lowest BCUT2D eigenvalue weighted by molar-refractivity contribution is 0.282. The second-order valence-electron chi connectivity index (χ2n) is 8.89. The minimum atomic E-state index is -0.709. The largest absolute Gasteiger partial charge is 0.493 e. The zero-order valence-corrected chi connectivity index (χ0v) is 18.7. The Bertz CT molecular complexity index is 1340. The summed E-state index contributed by atoms with van der Waals surface area (Å²) in [5.41, 5.74) is 5.38. The highest BCUT2D eigenvalue weighted by Crippen LogP contribution is 2.31. The molecule has 6 nitrogen and oxygen atoms in total. The molecule has 2 aromatic heterocycles. The van der Waals surface area contributed by atoms with E-state index >= 15 is 0 Å². The second-order valence-corrected chi connectivity index (χ2v) is 8.89. The fourth-order valence-electron chi connectivity index (χ4n) is 4.90. The number of aromatic nitrogens is 3. The fraction of sp³-hybridized carbons (Fsp3) is 0.308. The molecule has 1 fully saturated rings. The van der Waals surface area contributed by atoms with Crippen LogP contribution in [0.5, 0.6) is 5.75 Å². The van der Waals surface area contributed by atoms with Gasteiger partial charge in [0.2, 0.25) is 5.95 Å². The molecule has 1 unspecified atom stereocenters. The highest BCUT2D eigenvalue weighted by molar-refractivity contribution is 5.78. The van der Waals surface area contributed by atoms with Crippen molar-refractivity contribution < 1.29 is 13.5 Å². The van der Waals surface area contributed by atoms with Crippen LogP contribution in [-0.4, -0.2) is 45.1 Å². The summed E-state index contributed by atoms with van der Waals surface area (Å²) in [6.07, 6.45) is 5.99. The molecule has 2 aliphatic heterocycles. The van der Waals surface area contributed by atoms with Crippen molar-refractivity contribution in [2.45, 2.75) is 32.1 Å². The molecule has 0 saturated carbocycles. The summed E-state index contributed by atoms with van der Waals surface area (Å²) >= 11 is 0. The maximum Gasteiger partial charge on any atom is 0.208 e. The van der Waals surface area contributed by atoms with Crippen molar-refractivity contribution in [2.75, 3.05) is 25.0 Å². The molecule has 1 saturated heterocycles. The van der Waals surface area contributed by atoms with Gasteiger partial charge < -0.3 is 10.1 Å². The first kappa shape index (κ1) is 21.0. The molecule has 2 aromatic carbocycles. The average Bonchev–Trinajstić information content (AvgIpc) is 3.60. The van der Waals surface area contributed by atoms with E-state index in [0.29, 0.717) is 44.0 Å². The van der Waals surface area contributed by atoms with E-state index in [-0.39, 0.29) is 5.82 Å². The van der Waals surface area contributed by atoms with Crippen LogP contribution in [0.15, 0.2) is 55.0 Å². The molecule has 174 valence electrons. The number of likely N-dealkylation sites (tertiary alicyclic amines) is 1. The Hall–Kier alpha value is -3.52. The van der Waals surface area contributed by atoms with Crippen LogP contribution in [0.2, 0.25) is 0 Å². The van der Waals surface area contributed by atoms with Gasteiger partial charge in [0.1, 0.15) is 23.4 Å². The molecule has 0 radical (unpaired) electrons. The Morgan fingerprint density at radius 2 is 2.00 bits per heavy atom. The number of anilines is 1. The molecule has 34 heavy (non-hydrogen) atoms. The lowest BCUT2D eigenvalue weighted by Gasteiger charge is -2.15. The highest BCUT2D eigenvalue weighted by Gasteiger charge is 2.22. The number of halogens is 2. The third-order valence-corrected chi connectivity index (χ3v) is 6.68. The predicted molar refractivity (Wildman–Crippen MR) is 126 cm³/mol. The maximum atomic E-state index is 14.5. The standard InChI is InChI=1S/C26H25F2N5O/c27-19-7-10-32(16-19)15-17-1-3-18(4-2-17)21-13-30-26(33-11-9-29-25(21)33)31-14-22-20-8-12-34-24(20)6-5-23(22)28/h1-6,9,11,13,19H,7-8,10,12,14-16H2,(H,30,31). The quantitative estimate of drug-likeness (QED) is 0.454. The molecule has 1 N–H and O–H groups in total. The van der Waals surface area contributed by atoms with Gasteiger partial charge in [-0.15, -0.1) is 0 Å². The third-order valence-electron chi connectivity index (χ3n) is 6.68. The van der Waals surface area contributed by atoms with Gasteiger partial charge in [0.05, 0.1) is 6.61 Å². The zero-order valence-electron chi connectivity index (χ0n) is 18.7. The van der Waals surface area contributed by atoms with Gasteiger partial charge in [0.15, 0.2) is 0 Å². The van der Waals surface area contributed by atoms with Crippen molar-refractivity contribution in [3.63, 3.8) is 0 Å². The van der Waals surface area contributed by atoms with Gasteiger partial charge in [-0.3, -0.25) is 9.30 Å².